The van der Waals surface area contributed by atoms with Crippen LogP contribution in [0.5, 0.6) is 0 Å². The normalized spacial score (nSPS) is 12.7. The fourth-order valence-electron chi connectivity index (χ4n) is 4.73. The van der Waals surface area contributed by atoms with Crippen LogP contribution in [0.1, 0.15) is 36.1 Å². The predicted molar refractivity (Wildman–Crippen MR) is 298 cm³/mol. The lowest BCUT2D eigenvalue weighted by atomic mass is 10.1. The number of hydrogen-bond acceptors (Lipinski definition) is 5. The van der Waals surface area contributed by atoms with Gasteiger partial charge in [0.25, 0.3) is 0 Å². The molecule has 23 heteroatoms. The summed E-state index contributed by atoms with van der Waals surface area (Å²) < 4.78 is 0. The second-order valence-corrected chi connectivity index (χ2v) is 17.0. The highest BCUT2D eigenvalue weighted by molar-refractivity contribution is 6.31. The average Bonchev–Trinajstić information content (AvgIpc) is 3.27. The second kappa shape index (κ2) is 33.2. The quantitative estimate of drug-likeness (QED) is 0.0787. The molecule has 0 aliphatic carbocycles. The van der Waals surface area contributed by atoms with Gasteiger partial charge in [-0.15, -0.1) is 0 Å². The van der Waals surface area contributed by atoms with Crippen LogP contribution in [0.3, 0.4) is 0 Å². The molecule has 0 fully saturated rings. The van der Waals surface area contributed by atoms with Crippen molar-refractivity contribution in [1.29, 1.82) is 0 Å². The van der Waals surface area contributed by atoms with Crippen LogP contribution in [0.2, 0.25) is 15.1 Å². The van der Waals surface area contributed by atoms with Gasteiger partial charge in [-0.3, -0.25) is 20.3 Å². The van der Waals surface area contributed by atoms with Crippen molar-refractivity contribution >= 4 is 88.2 Å². The van der Waals surface area contributed by atoms with Gasteiger partial charge >= 0.3 is 0 Å². The topological polar surface area (TPSA) is 329 Å². The number of aryl methyl sites for hydroxylation is 1. The van der Waals surface area contributed by atoms with E-state index in [-0.39, 0.29) is 35.8 Å². The van der Waals surface area contributed by atoms with Crippen molar-refractivity contribution in [3.8, 4) is 0 Å². The summed E-state index contributed by atoms with van der Waals surface area (Å²) in [6.45, 7) is 7.46. The molecule has 0 heterocycles. The van der Waals surface area contributed by atoms with Crippen LogP contribution in [0.15, 0.2) is 137 Å². The van der Waals surface area contributed by atoms with Crippen LogP contribution in [-0.2, 0) is 19.4 Å². The first-order chi connectivity index (χ1) is 32.9. The average molecular weight is 1020 g/mol. The van der Waals surface area contributed by atoms with Crippen molar-refractivity contribution in [2.24, 2.45) is 85.8 Å². The molecule has 4 aromatic carbocycles. The maximum atomic E-state index is 5.81. The lowest BCUT2D eigenvalue weighted by Gasteiger charge is -2.09. The third kappa shape index (κ3) is 29.5. The SMILES string of the molecule is CC(C)N=C(N)NC(N)=NCCc1ccc(Cl)cc1.CN(C)C(N)=NC(N)=NCCc1ccc(Cl)cc1.CN(C)C(N)=NC(N)=NCc1ccc(Cl)cc1.Cc1cccc(N=C(N)N=C(N)N(C)C)c1. The van der Waals surface area contributed by atoms with E-state index in [4.69, 9.17) is 80.7 Å². The minimum Gasteiger partial charge on any atom is -0.370 e. The molecule has 0 aromatic heterocycles. The van der Waals surface area contributed by atoms with Gasteiger partial charge in [0, 0.05) is 76.5 Å². The van der Waals surface area contributed by atoms with Gasteiger partial charge in [-0.05, 0) is 104 Å². The Morgan fingerprint density at radius 3 is 1.33 bits per heavy atom. The van der Waals surface area contributed by atoms with Crippen molar-refractivity contribution < 1.29 is 0 Å². The minimum absolute atomic E-state index is 0.120. The fourth-order valence-corrected chi connectivity index (χ4v) is 5.11. The number of nitrogens with one attached hydrogen (secondary N) is 1. The third-order valence-electron chi connectivity index (χ3n) is 8.48. The number of aliphatic imine (C=N–C) groups is 8. The first-order valence-electron chi connectivity index (χ1n) is 21.6. The molecule has 4 rings (SSSR count). The maximum Gasteiger partial charge on any atom is 0.223 e. The van der Waals surface area contributed by atoms with E-state index < -0.39 is 0 Å². The number of hydrogen-bond donors (Lipinski definition) is 9. The van der Waals surface area contributed by atoms with Gasteiger partial charge in [-0.2, -0.15) is 15.0 Å². The maximum absolute atomic E-state index is 5.81. The Balaban J connectivity index is 0.000000468. The van der Waals surface area contributed by atoms with Crippen LogP contribution in [-0.4, -0.2) is 124 Å². The van der Waals surface area contributed by atoms with Gasteiger partial charge in [0.05, 0.1) is 12.2 Å². The minimum atomic E-state index is 0.120. The van der Waals surface area contributed by atoms with Crippen LogP contribution in [0.4, 0.5) is 5.69 Å². The molecule has 17 N–H and O–H groups in total. The summed E-state index contributed by atoms with van der Waals surface area (Å²) in [6, 6.07) is 30.5. The Morgan fingerprint density at radius 1 is 0.514 bits per heavy atom. The smallest absolute Gasteiger partial charge is 0.223 e. The molecule has 0 amide bonds. The van der Waals surface area contributed by atoms with Crippen molar-refractivity contribution in [3.05, 3.63) is 134 Å². The largest absolute Gasteiger partial charge is 0.370 e. The Morgan fingerprint density at radius 2 is 0.914 bits per heavy atom. The van der Waals surface area contributed by atoms with Crippen LogP contribution in [0, 0.1) is 6.92 Å². The Hall–Kier alpha value is -7.29. The predicted octanol–water partition coefficient (Wildman–Crippen LogP) is 4.43. The summed E-state index contributed by atoms with van der Waals surface area (Å²) in [5.74, 6) is 2.04. The van der Waals surface area contributed by atoms with E-state index in [1.165, 1.54) is 0 Å². The van der Waals surface area contributed by atoms with Crippen molar-refractivity contribution in [3.63, 3.8) is 0 Å². The van der Waals surface area contributed by atoms with Crippen LogP contribution >= 0.6 is 34.8 Å². The molecule has 380 valence electrons. The molecule has 0 bridgehead atoms. The number of nitrogens with two attached hydrogens (primary N) is 8. The molecule has 0 spiro atoms. The van der Waals surface area contributed by atoms with Crippen molar-refractivity contribution in [2.75, 3.05) is 55.4 Å². The molecule has 0 unspecified atom stereocenters. The molecule has 0 saturated carbocycles. The number of nitrogens with zero attached hydrogens (tertiary/aromatic N) is 11. The van der Waals surface area contributed by atoms with E-state index in [0.717, 1.165) is 50.8 Å². The number of halogens is 3. The Labute approximate surface area is 428 Å². The standard InChI is InChI=1S/C13H20ClN5.C12H18ClN5.C11H16ClN5.C11H17N5/c1-9(2)18-13(16)19-12(15)17-8-7-10-3-5-11(14)6-4-10;1-18(2)12(15)17-11(14)16-8-7-9-3-5-10(13)6-4-9;1-17(2)11(14)16-10(13)15-7-8-3-5-9(12)6-4-8;1-8-5-4-6-9(7-8)14-10(12)15-11(13)16(2)3/h3-6,9H,7-8H2,1-2H3,(H5,15,16,17,18,19);3-6H,7-8H2,1-2H3,(H4,14,15,16,17);3-6H,7H2,1-2H3,(H4,13,14,15,16);4-7H,1-3H3,(H4,12,13,14,15). The van der Waals surface area contributed by atoms with E-state index in [1.807, 2.05) is 106 Å². The molecule has 0 aliphatic heterocycles. The van der Waals surface area contributed by atoms with Crippen molar-refractivity contribution in [2.45, 2.75) is 46.2 Å². The summed E-state index contributed by atoms with van der Waals surface area (Å²) >= 11 is 17.4. The first-order valence-corrected chi connectivity index (χ1v) is 22.8. The summed E-state index contributed by atoms with van der Waals surface area (Å²) in [5.41, 5.74) is 50.3. The van der Waals surface area contributed by atoms with Crippen molar-refractivity contribution in [1.82, 2.24) is 20.0 Å². The zero-order valence-electron chi connectivity index (χ0n) is 41.5. The van der Waals surface area contributed by atoms with E-state index in [1.54, 1.807) is 69.1 Å². The Bertz CT molecular complexity index is 2410. The molecule has 0 atom stereocenters. The van der Waals surface area contributed by atoms with Gasteiger partial charge < -0.3 is 60.6 Å². The zero-order valence-corrected chi connectivity index (χ0v) is 43.8. The van der Waals surface area contributed by atoms with Gasteiger partial charge in [0.1, 0.15) is 0 Å². The monoisotopic (exact) mass is 1020 g/mol. The van der Waals surface area contributed by atoms with E-state index in [0.29, 0.717) is 42.5 Å². The zero-order chi connectivity index (χ0) is 52.8. The molecule has 0 saturated heterocycles. The lowest BCUT2D eigenvalue weighted by Crippen LogP contribution is -2.42. The number of benzene rings is 4. The van der Waals surface area contributed by atoms with E-state index >= 15 is 0 Å². The second-order valence-electron chi connectivity index (χ2n) is 15.7. The summed E-state index contributed by atoms with van der Waals surface area (Å²) in [6.07, 6.45) is 1.58. The van der Waals surface area contributed by atoms with Gasteiger partial charge in [-0.1, -0.05) is 83.3 Å². The first kappa shape index (κ1) is 60.7. The number of rotatable bonds is 10. The Kier molecular flexibility index (Phi) is 28.8. The van der Waals surface area contributed by atoms with Gasteiger partial charge in [0.2, 0.25) is 17.9 Å². The molecular weight excluding hydrogens is 951 g/mol. The molecule has 20 nitrogen and oxygen atoms in total. The highest BCUT2D eigenvalue weighted by atomic mass is 35.5. The van der Waals surface area contributed by atoms with Gasteiger partial charge in [-0.25, -0.2) is 9.98 Å². The highest BCUT2D eigenvalue weighted by Gasteiger charge is 2.01. The van der Waals surface area contributed by atoms with Gasteiger partial charge in [0.15, 0.2) is 29.8 Å². The summed E-state index contributed by atoms with van der Waals surface area (Å²) in [4.78, 5) is 37.5. The molecule has 4 aromatic rings. The molecule has 70 heavy (non-hydrogen) atoms. The summed E-state index contributed by atoms with van der Waals surface area (Å²) in [5, 5.41) is 4.89. The highest BCUT2D eigenvalue weighted by Crippen LogP contribution is 2.14. The molecule has 0 aliphatic rings. The molecular formula is C47H71Cl3N20. The van der Waals surface area contributed by atoms with Crippen LogP contribution in [0.25, 0.3) is 0 Å². The summed E-state index contributed by atoms with van der Waals surface area (Å²) in [7, 11) is 10.7. The third-order valence-corrected chi connectivity index (χ3v) is 9.24. The fraction of sp³-hybridized carbons (Fsp3) is 0.319. The van der Waals surface area contributed by atoms with E-state index in [9.17, 15) is 0 Å². The van der Waals surface area contributed by atoms with Crippen LogP contribution < -0.4 is 51.2 Å². The van der Waals surface area contributed by atoms with E-state index in [2.05, 4.69) is 45.3 Å². The lowest BCUT2D eigenvalue weighted by molar-refractivity contribution is 0.615. The molecule has 0 radical (unpaired) electrons. The number of guanidine groups is 8.